The van der Waals surface area contributed by atoms with Gasteiger partial charge in [0, 0.05) is 29.6 Å². The van der Waals surface area contributed by atoms with E-state index in [1.165, 1.54) is 23.9 Å². The Morgan fingerprint density at radius 3 is 3.05 bits per heavy atom. The predicted octanol–water partition coefficient (Wildman–Crippen LogP) is 3.26. The summed E-state index contributed by atoms with van der Waals surface area (Å²) in [4.78, 5) is 5.00. The molecule has 0 amide bonds. The summed E-state index contributed by atoms with van der Waals surface area (Å²) in [5.41, 5.74) is 0. The number of imidazole rings is 1. The standard InChI is InChI=1S/C14H17FN2OS/c1-2-7-17-8-6-16-14(17)13(18)10-19-12-5-3-4-11(15)9-12/h3-6,8-9,13,18H,2,7,10H2,1H3. The van der Waals surface area contributed by atoms with Gasteiger partial charge < -0.3 is 9.67 Å². The number of rotatable bonds is 6. The molecule has 0 saturated carbocycles. The third-order valence-corrected chi connectivity index (χ3v) is 3.78. The third-order valence-electron chi connectivity index (χ3n) is 2.71. The van der Waals surface area contributed by atoms with Gasteiger partial charge in [0.15, 0.2) is 0 Å². The summed E-state index contributed by atoms with van der Waals surface area (Å²) in [6.07, 6.45) is 3.91. The van der Waals surface area contributed by atoms with Gasteiger partial charge >= 0.3 is 0 Å². The lowest BCUT2D eigenvalue weighted by atomic mass is 10.3. The fourth-order valence-electron chi connectivity index (χ4n) is 1.85. The Kier molecular flexibility index (Phi) is 4.99. The number of aromatic nitrogens is 2. The number of hydrogen-bond donors (Lipinski definition) is 1. The molecule has 0 saturated heterocycles. The Morgan fingerprint density at radius 1 is 1.47 bits per heavy atom. The van der Waals surface area contributed by atoms with Gasteiger partial charge in [-0.3, -0.25) is 0 Å². The summed E-state index contributed by atoms with van der Waals surface area (Å²) in [6.45, 7) is 2.93. The number of benzene rings is 1. The van der Waals surface area contributed by atoms with Gasteiger partial charge in [-0.15, -0.1) is 11.8 Å². The molecular weight excluding hydrogens is 263 g/mol. The number of aliphatic hydroxyl groups is 1. The molecule has 1 N–H and O–H groups in total. The molecule has 0 bridgehead atoms. The molecule has 0 aliphatic carbocycles. The highest BCUT2D eigenvalue weighted by Gasteiger charge is 2.14. The van der Waals surface area contributed by atoms with Crippen molar-refractivity contribution < 1.29 is 9.50 Å². The largest absolute Gasteiger partial charge is 0.384 e. The van der Waals surface area contributed by atoms with Crippen molar-refractivity contribution in [3.8, 4) is 0 Å². The lowest BCUT2D eigenvalue weighted by Crippen LogP contribution is -2.10. The number of hydrogen-bond acceptors (Lipinski definition) is 3. The van der Waals surface area contributed by atoms with Gasteiger partial charge in [-0.2, -0.15) is 0 Å². The van der Waals surface area contributed by atoms with Crippen LogP contribution < -0.4 is 0 Å². The van der Waals surface area contributed by atoms with E-state index >= 15 is 0 Å². The first-order valence-electron chi connectivity index (χ1n) is 6.28. The van der Waals surface area contributed by atoms with Crippen LogP contribution in [0, 0.1) is 5.82 Å². The van der Waals surface area contributed by atoms with Gasteiger partial charge in [0.1, 0.15) is 17.7 Å². The Bertz CT molecular complexity index is 530. The molecule has 1 heterocycles. The Balaban J connectivity index is 1.97. The van der Waals surface area contributed by atoms with E-state index in [0.717, 1.165) is 17.9 Å². The van der Waals surface area contributed by atoms with Crippen LogP contribution >= 0.6 is 11.8 Å². The number of thioether (sulfide) groups is 1. The van der Waals surface area contributed by atoms with Crippen LogP contribution in [-0.2, 0) is 6.54 Å². The highest BCUT2D eigenvalue weighted by molar-refractivity contribution is 7.99. The minimum Gasteiger partial charge on any atom is -0.384 e. The van der Waals surface area contributed by atoms with E-state index in [-0.39, 0.29) is 5.82 Å². The van der Waals surface area contributed by atoms with Gasteiger partial charge in [0.2, 0.25) is 0 Å². The summed E-state index contributed by atoms with van der Waals surface area (Å²) in [7, 11) is 0. The number of halogens is 1. The fraction of sp³-hybridized carbons (Fsp3) is 0.357. The lowest BCUT2D eigenvalue weighted by molar-refractivity contribution is 0.188. The highest BCUT2D eigenvalue weighted by atomic mass is 32.2. The van der Waals surface area contributed by atoms with Crippen LogP contribution in [-0.4, -0.2) is 20.4 Å². The van der Waals surface area contributed by atoms with Gasteiger partial charge in [-0.05, 0) is 24.6 Å². The minimum atomic E-state index is -0.644. The fourth-order valence-corrected chi connectivity index (χ4v) is 2.72. The predicted molar refractivity (Wildman–Crippen MR) is 74.6 cm³/mol. The van der Waals surface area contributed by atoms with Crippen molar-refractivity contribution in [3.63, 3.8) is 0 Å². The molecule has 1 unspecified atom stereocenters. The zero-order valence-electron chi connectivity index (χ0n) is 10.8. The lowest BCUT2D eigenvalue weighted by Gasteiger charge is -2.12. The van der Waals surface area contributed by atoms with Crippen molar-refractivity contribution in [1.29, 1.82) is 0 Å². The van der Waals surface area contributed by atoms with Gasteiger partial charge in [-0.1, -0.05) is 13.0 Å². The van der Waals surface area contributed by atoms with Crippen LogP contribution in [0.4, 0.5) is 4.39 Å². The second kappa shape index (κ2) is 6.73. The molecule has 2 rings (SSSR count). The Hall–Kier alpha value is -1.33. The summed E-state index contributed by atoms with van der Waals surface area (Å²) in [5, 5.41) is 10.1. The first-order valence-corrected chi connectivity index (χ1v) is 7.26. The first-order chi connectivity index (χ1) is 9.20. The van der Waals surface area contributed by atoms with Crippen molar-refractivity contribution in [1.82, 2.24) is 9.55 Å². The van der Waals surface area contributed by atoms with Crippen molar-refractivity contribution in [2.75, 3.05) is 5.75 Å². The SMILES string of the molecule is CCCn1ccnc1C(O)CSc1cccc(F)c1. The van der Waals surface area contributed by atoms with Crippen LogP contribution in [0.1, 0.15) is 25.3 Å². The molecule has 0 aliphatic heterocycles. The summed E-state index contributed by atoms with van der Waals surface area (Å²) >= 11 is 1.42. The smallest absolute Gasteiger partial charge is 0.138 e. The minimum absolute atomic E-state index is 0.257. The Labute approximate surface area is 116 Å². The van der Waals surface area contributed by atoms with Crippen LogP contribution in [0.2, 0.25) is 0 Å². The second-order valence-electron chi connectivity index (χ2n) is 4.26. The molecule has 0 spiro atoms. The molecular formula is C14H17FN2OS. The molecule has 1 aromatic carbocycles. The maximum Gasteiger partial charge on any atom is 0.138 e. The molecule has 102 valence electrons. The molecule has 0 fully saturated rings. The van der Waals surface area contributed by atoms with Crippen molar-refractivity contribution >= 4 is 11.8 Å². The quantitative estimate of drug-likeness (QED) is 0.825. The average molecular weight is 280 g/mol. The molecule has 1 aromatic heterocycles. The van der Waals surface area contributed by atoms with Crippen molar-refractivity contribution in [3.05, 3.63) is 48.3 Å². The molecule has 5 heteroatoms. The summed E-state index contributed by atoms with van der Waals surface area (Å²) < 4.78 is 15.0. The van der Waals surface area contributed by atoms with E-state index in [9.17, 15) is 9.50 Å². The third kappa shape index (κ3) is 3.81. The van der Waals surface area contributed by atoms with Gasteiger partial charge in [0.05, 0.1) is 0 Å². The maximum absolute atomic E-state index is 13.0. The Morgan fingerprint density at radius 2 is 2.32 bits per heavy atom. The van der Waals surface area contributed by atoms with Crippen LogP contribution in [0.15, 0.2) is 41.6 Å². The van der Waals surface area contributed by atoms with E-state index in [1.807, 2.05) is 16.8 Å². The molecule has 0 radical (unpaired) electrons. The van der Waals surface area contributed by atoms with E-state index in [1.54, 1.807) is 12.3 Å². The van der Waals surface area contributed by atoms with Crippen molar-refractivity contribution in [2.24, 2.45) is 0 Å². The monoisotopic (exact) mass is 280 g/mol. The van der Waals surface area contributed by atoms with Gasteiger partial charge in [0.25, 0.3) is 0 Å². The van der Waals surface area contributed by atoms with E-state index < -0.39 is 6.10 Å². The van der Waals surface area contributed by atoms with E-state index in [2.05, 4.69) is 11.9 Å². The summed E-state index contributed by atoms with van der Waals surface area (Å²) in [5.74, 6) is 0.877. The average Bonchev–Trinajstić information content (AvgIpc) is 2.85. The topological polar surface area (TPSA) is 38.0 Å². The van der Waals surface area contributed by atoms with Gasteiger partial charge in [-0.25, -0.2) is 9.37 Å². The number of nitrogens with zero attached hydrogens (tertiary/aromatic N) is 2. The molecule has 1 atom stereocenters. The number of aryl methyl sites for hydroxylation is 1. The highest BCUT2D eigenvalue weighted by Crippen LogP contribution is 2.24. The van der Waals surface area contributed by atoms with E-state index in [4.69, 9.17) is 0 Å². The number of aliphatic hydroxyl groups excluding tert-OH is 1. The first kappa shape index (κ1) is 14.1. The molecule has 3 nitrogen and oxygen atoms in total. The van der Waals surface area contributed by atoms with Crippen LogP contribution in [0.3, 0.4) is 0 Å². The second-order valence-corrected chi connectivity index (χ2v) is 5.36. The summed E-state index contributed by atoms with van der Waals surface area (Å²) in [6, 6.07) is 6.38. The normalized spacial score (nSPS) is 12.6. The van der Waals surface area contributed by atoms with Crippen LogP contribution in [0.25, 0.3) is 0 Å². The molecule has 19 heavy (non-hydrogen) atoms. The zero-order valence-corrected chi connectivity index (χ0v) is 11.6. The van der Waals surface area contributed by atoms with E-state index in [0.29, 0.717) is 11.6 Å². The van der Waals surface area contributed by atoms with Crippen LogP contribution in [0.5, 0.6) is 0 Å². The van der Waals surface area contributed by atoms with Crippen molar-refractivity contribution in [2.45, 2.75) is 30.9 Å². The molecule has 2 aromatic rings. The zero-order chi connectivity index (χ0) is 13.7. The maximum atomic E-state index is 13.0. The molecule has 0 aliphatic rings.